The number of benzene rings is 1. The van der Waals surface area contributed by atoms with E-state index in [9.17, 15) is 4.79 Å². The van der Waals surface area contributed by atoms with Crippen molar-refractivity contribution in [3.05, 3.63) is 47.4 Å². The zero-order valence-corrected chi connectivity index (χ0v) is 12.7. The van der Waals surface area contributed by atoms with E-state index in [2.05, 4.69) is 9.89 Å². The number of hydrogen-bond acceptors (Lipinski definition) is 6. The Morgan fingerprint density at radius 1 is 1.27 bits per heavy atom. The Kier molecular flexibility index (Phi) is 5.19. The van der Waals surface area contributed by atoms with Crippen molar-refractivity contribution in [2.45, 2.75) is 13.5 Å². The molecule has 0 aliphatic rings. The Balaban J connectivity index is 2.08. The Morgan fingerprint density at radius 2 is 2.09 bits per heavy atom. The highest BCUT2D eigenvalue weighted by Crippen LogP contribution is 2.29. The lowest BCUT2D eigenvalue weighted by atomic mass is 10.2. The summed E-state index contributed by atoms with van der Waals surface area (Å²) in [6.07, 6.45) is 2.98. The largest absolute Gasteiger partial charge is 0.493 e. The molecular formula is C16H17NO5. The molecule has 0 N–H and O–H groups in total. The number of esters is 1. The highest BCUT2D eigenvalue weighted by Gasteiger charge is 2.07. The number of nitrogens with zero attached hydrogens (tertiary/aromatic N) is 1. The number of aromatic nitrogens is 1. The third-order valence-electron chi connectivity index (χ3n) is 2.85. The summed E-state index contributed by atoms with van der Waals surface area (Å²) < 4.78 is 20.6. The van der Waals surface area contributed by atoms with Crippen molar-refractivity contribution in [3.63, 3.8) is 0 Å². The molecular weight excluding hydrogens is 286 g/mol. The Labute approximate surface area is 128 Å². The predicted molar refractivity (Wildman–Crippen MR) is 79.6 cm³/mol. The number of ether oxygens (including phenoxy) is 3. The van der Waals surface area contributed by atoms with Gasteiger partial charge in [0.2, 0.25) is 0 Å². The van der Waals surface area contributed by atoms with Crippen molar-refractivity contribution in [1.29, 1.82) is 0 Å². The third kappa shape index (κ3) is 4.12. The SMILES string of the molecule is COC(=O)/C=C/c1ccc(OCc2cc(C)no2)c(OC)c1. The van der Waals surface area contributed by atoms with Crippen LogP contribution in [-0.2, 0) is 16.1 Å². The highest BCUT2D eigenvalue weighted by molar-refractivity contribution is 5.87. The van der Waals surface area contributed by atoms with Gasteiger partial charge < -0.3 is 18.7 Å². The van der Waals surface area contributed by atoms with Gasteiger partial charge in [-0.05, 0) is 30.7 Å². The fourth-order valence-corrected chi connectivity index (χ4v) is 1.77. The third-order valence-corrected chi connectivity index (χ3v) is 2.85. The molecule has 0 saturated carbocycles. The van der Waals surface area contributed by atoms with Crippen LogP contribution >= 0.6 is 0 Å². The molecule has 0 amide bonds. The second kappa shape index (κ2) is 7.31. The first kappa shape index (κ1) is 15.6. The zero-order chi connectivity index (χ0) is 15.9. The van der Waals surface area contributed by atoms with Gasteiger partial charge in [-0.25, -0.2) is 4.79 Å². The Morgan fingerprint density at radius 3 is 2.73 bits per heavy atom. The van der Waals surface area contributed by atoms with E-state index < -0.39 is 5.97 Å². The first-order valence-electron chi connectivity index (χ1n) is 6.61. The van der Waals surface area contributed by atoms with E-state index in [1.165, 1.54) is 13.2 Å². The van der Waals surface area contributed by atoms with Crippen molar-refractivity contribution >= 4 is 12.0 Å². The predicted octanol–water partition coefficient (Wildman–Crippen LogP) is 2.76. The second-order valence-electron chi connectivity index (χ2n) is 4.49. The van der Waals surface area contributed by atoms with E-state index in [1.807, 2.05) is 13.0 Å². The number of hydrogen-bond donors (Lipinski definition) is 0. The van der Waals surface area contributed by atoms with Crippen molar-refractivity contribution in [2.24, 2.45) is 0 Å². The maximum atomic E-state index is 11.1. The summed E-state index contributed by atoms with van der Waals surface area (Å²) in [5, 5.41) is 3.80. The molecule has 0 bridgehead atoms. The molecule has 6 nitrogen and oxygen atoms in total. The fourth-order valence-electron chi connectivity index (χ4n) is 1.77. The number of carbonyl (C=O) groups excluding carboxylic acids is 1. The average Bonchev–Trinajstić information content (AvgIpc) is 2.96. The number of methoxy groups -OCH3 is 2. The van der Waals surface area contributed by atoms with Crippen LogP contribution in [0, 0.1) is 6.92 Å². The summed E-state index contributed by atoms with van der Waals surface area (Å²) in [5.41, 5.74) is 1.60. The van der Waals surface area contributed by atoms with E-state index >= 15 is 0 Å². The van der Waals surface area contributed by atoms with Crippen LogP contribution in [0.15, 0.2) is 34.9 Å². The molecule has 1 heterocycles. The monoisotopic (exact) mass is 303 g/mol. The van der Waals surface area contributed by atoms with E-state index in [1.54, 1.807) is 31.4 Å². The van der Waals surface area contributed by atoms with Gasteiger partial charge in [0, 0.05) is 12.1 Å². The number of aryl methyl sites for hydroxylation is 1. The Hall–Kier alpha value is -2.76. The molecule has 1 aromatic heterocycles. The minimum absolute atomic E-state index is 0.258. The fraction of sp³-hybridized carbons (Fsp3) is 0.250. The van der Waals surface area contributed by atoms with Crippen LogP contribution in [0.1, 0.15) is 17.0 Å². The van der Waals surface area contributed by atoms with Gasteiger partial charge in [0.15, 0.2) is 17.3 Å². The van der Waals surface area contributed by atoms with E-state index in [4.69, 9.17) is 14.0 Å². The van der Waals surface area contributed by atoms with E-state index in [0.717, 1.165) is 11.3 Å². The molecule has 0 aliphatic carbocycles. The minimum atomic E-state index is -0.417. The van der Waals surface area contributed by atoms with Crippen molar-refractivity contribution in [1.82, 2.24) is 5.16 Å². The molecule has 116 valence electrons. The van der Waals surface area contributed by atoms with Crippen molar-refractivity contribution in [2.75, 3.05) is 14.2 Å². The average molecular weight is 303 g/mol. The lowest BCUT2D eigenvalue weighted by molar-refractivity contribution is -0.134. The molecule has 0 atom stereocenters. The molecule has 22 heavy (non-hydrogen) atoms. The molecule has 2 rings (SSSR count). The summed E-state index contributed by atoms with van der Waals surface area (Å²) in [6.45, 7) is 2.10. The number of rotatable bonds is 6. The van der Waals surface area contributed by atoms with Crippen LogP contribution in [0.3, 0.4) is 0 Å². The Bertz CT molecular complexity index is 675. The molecule has 0 saturated heterocycles. The van der Waals surface area contributed by atoms with Crippen molar-refractivity contribution < 1.29 is 23.5 Å². The van der Waals surface area contributed by atoms with Gasteiger partial charge in [-0.1, -0.05) is 11.2 Å². The molecule has 6 heteroatoms. The summed E-state index contributed by atoms with van der Waals surface area (Å²) in [7, 11) is 2.88. The van der Waals surface area contributed by atoms with Gasteiger partial charge >= 0.3 is 5.97 Å². The molecule has 0 aliphatic heterocycles. The van der Waals surface area contributed by atoms with Crippen LogP contribution in [0.5, 0.6) is 11.5 Å². The van der Waals surface area contributed by atoms with Crippen LogP contribution in [0.25, 0.3) is 6.08 Å². The maximum absolute atomic E-state index is 11.1. The standard InChI is InChI=1S/C16H17NO5/c1-11-8-13(22-17-11)10-21-14-6-4-12(9-15(14)19-2)5-7-16(18)20-3/h4-9H,10H2,1-3H3/b7-5+. The van der Waals surface area contributed by atoms with E-state index in [-0.39, 0.29) is 6.61 Å². The lowest BCUT2D eigenvalue weighted by Crippen LogP contribution is -1.97. The summed E-state index contributed by atoms with van der Waals surface area (Å²) in [4.78, 5) is 11.1. The molecule has 2 aromatic rings. The van der Waals surface area contributed by atoms with Gasteiger partial charge in [0.25, 0.3) is 0 Å². The molecule has 0 spiro atoms. The van der Waals surface area contributed by atoms with Gasteiger partial charge in [0.05, 0.1) is 19.9 Å². The highest BCUT2D eigenvalue weighted by atomic mass is 16.5. The van der Waals surface area contributed by atoms with Gasteiger partial charge in [-0.2, -0.15) is 0 Å². The molecule has 0 radical (unpaired) electrons. The number of carbonyl (C=O) groups is 1. The summed E-state index contributed by atoms with van der Waals surface area (Å²) in [6, 6.07) is 7.14. The smallest absolute Gasteiger partial charge is 0.330 e. The van der Waals surface area contributed by atoms with Gasteiger partial charge in [-0.15, -0.1) is 0 Å². The van der Waals surface area contributed by atoms with Crippen molar-refractivity contribution in [3.8, 4) is 11.5 Å². The quantitative estimate of drug-likeness (QED) is 0.603. The van der Waals surface area contributed by atoms with Crippen LogP contribution in [0.2, 0.25) is 0 Å². The van der Waals surface area contributed by atoms with Crippen LogP contribution < -0.4 is 9.47 Å². The molecule has 1 aromatic carbocycles. The first-order chi connectivity index (χ1) is 10.6. The zero-order valence-electron chi connectivity index (χ0n) is 12.7. The van der Waals surface area contributed by atoms with Gasteiger partial charge in [0.1, 0.15) is 6.61 Å². The normalized spacial score (nSPS) is 10.7. The van der Waals surface area contributed by atoms with Crippen LogP contribution in [-0.4, -0.2) is 25.3 Å². The van der Waals surface area contributed by atoms with E-state index in [0.29, 0.717) is 17.3 Å². The van der Waals surface area contributed by atoms with Gasteiger partial charge in [-0.3, -0.25) is 0 Å². The molecule has 0 unspecified atom stereocenters. The second-order valence-corrected chi connectivity index (χ2v) is 4.49. The lowest BCUT2D eigenvalue weighted by Gasteiger charge is -2.10. The minimum Gasteiger partial charge on any atom is -0.493 e. The maximum Gasteiger partial charge on any atom is 0.330 e. The summed E-state index contributed by atoms with van der Waals surface area (Å²) in [5.74, 6) is 1.35. The first-order valence-corrected chi connectivity index (χ1v) is 6.61. The molecule has 0 fully saturated rings. The summed E-state index contributed by atoms with van der Waals surface area (Å²) >= 11 is 0. The van der Waals surface area contributed by atoms with Crippen LogP contribution in [0.4, 0.5) is 0 Å². The topological polar surface area (TPSA) is 70.8 Å².